The highest BCUT2D eigenvalue weighted by atomic mass is 16.2. The van der Waals surface area contributed by atoms with Crippen LogP contribution in [0.3, 0.4) is 0 Å². The number of aromatic nitrogens is 2. The summed E-state index contributed by atoms with van der Waals surface area (Å²) in [7, 11) is 1.61. The lowest BCUT2D eigenvalue weighted by Crippen LogP contribution is -2.60. The SMILES string of the molecule is CNC(=O)[C@@H]1CN(CCc2ccccc2)CCN1C(=O)c1cccc(Nc2nc(C)cc(C)n2)c1. The first-order chi connectivity index (χ1) is 16.9. The number of likely N-dealkylation sites (N-methyl/N-ethyl adjacent to an activating group) is 1. The second kappa shape index (κ2) is 11.1. The highest BCUT2D eigenvalue weighted by Gasteiger charge is 2.35. The van der Waals surface area contributed by atoms with E-state index in [9.17, 15) is 9.59 Å². The molecule has 35 heavy (non-hydrogen) atoms. The Morgan fingerprint density at radius 3 is 2.43 bits per heavy atom. The summed E-state index contributed by atoms with van der Waals surface area (Å²) >= 11 is 0. The number of amides is 2. The van der Waals surface area contributed by atoms with Gasteiger partial charge in [0.1, 0.15) is 6.04 Å². The molecule has 2 amide bonds. The monoisotopic (exact) mass is 472 g/mol. The van der Waals surface area contributed by atoms with Crippen LogP contribution in [0.2, 0.25) is 0 Å². The fraction of sp³-hybridized carbons (Fsp3) is 0.333. The van der Waals surface area contributed by atoms with Gasteiger partial charge in [0.05, 0.1) is 0 Å². The van der Waals surface area contributed by atoms with Gasteiger partial charge in [-0.05, 0) is 50.1 Å². The van der Waals surface area contributed by atoms with Gasteiger partial charge < -0.3 is 15.5 Å². The van der Waals surface area contributed by atoms with E-state index in [1.54, 1.807) is 24.1 Å². The maximum Gasteiger partial charge on any atom is 0.254 e. The van der Waals surface area contributed by atoms with Crippen LogP contribution < -0.4 is 10.6 Å². The van der Waals surface area contributed by atoms with Crippen LogP contribution in [0.4, 0.5) is 11.6 Å². The van der Waals surface area contributed by atoms with Crippen molar-refractivity contribution in [1.82, 2.24) is 25.1 Å². The quantitative estimate of drug-likeness (QED) is 0.550. The first-order valence-corrected chi connectivity index (χ1v) is 11.9. The number of nitrogens with zero attached hydrogens (tertiary/aromatic N) is 4. The summed E-state index contributed by atoms with van der Waals surface area (Å²) in [6.07, 6.45) is 0.906. The molecule has 8 nitrogen and oxygen atoms in total. The topological polar surface area (TPSA) is 90.5 Å². The molecule has 1 aromatic heterocycles. The van der Waals surface area contributed by atoms with E-state index in [1.807, 2.05) is 50.2 Å². The van der Waals surface area contributed by atoms with Gasteiger partial charge in [-0.25, -0.2) is 9.97 Å². The largest absolute Gasteiger partial charge is 0.357 e. The average molecular weight is 473 g/mol. The van der Waals surface area contributed by atoms with Crippen LogP contribution >= 0.6 is 0 Å². The second-order valence-electron chi connectivity index (χ2n) is 8.84. The van der Waals surface area contributed by atoms with Crippen molar-refractivity contribution in [1.29, 1.82) is 0 Å². The zero-order valence-electron chi connectivity index (χ0n) is 20.5. The minimum Gasteiger partial charge on any atom is -0.357 e. The first-order valence-electron chi connectivity index (χ1n) is 11.9. The average Bonchev–Trinajstić information content (AvgIpc) is 2.86. The maximum atomic E-state index is 13.5. The first kappa shape index (κ1) is 24.3. The van der Waals surface area contributed by atoms with Gasteiger partial charge >= 0.3 is 0 Å². The number of hydrogen-bond acceptors (Lipinski definition) is 6. The van der Waals surface area contributed by atoms with E-state index in [1.165, 1.54) is 5.56 Å². The molecule has 3 aromatic rings. The summed E-state index contributed by atoms with van der Waals surface area (Å²) < 4.78 is 0. The third-order valence-electron chi connectivity index (χ3n) is 6.18. The number of carbonyl (C=O) groups is 2. The minimum atomic E-state index is -0.545. The van der Waals surface area contributed by atoms with E-state index < -0.39 is 6.04 Å². The molecule has 1 aliphatic heterocycles. The van der Waals surface area contributed by atoms with E-state index >= 15 is 0 Å². The number of hydrogen-bond donors (Lipinski definition) is 2. The van der Waals surface area contributed by atoms with Gasteiger partial charge in [-0.15, -0.1) is 0 Å². The van der Waals surface area contributed by atoms with Crippen LogP contribution in [0.5, 0.6) is 0 Å². The van der Waals surface area contributed by atoms with Crippen LogP contribution in [-0.4, -0.2) is 70.9 Å². The van der Waals surface area contributed by atoms with E-state index in [4.69, 9.17) is 0 Å². The highest BCUT2D eigenvalue weighted by molar-refractivity contribution is 5.98. The molecular weight excluding hydrogens is 440 g/mol. The van der Waals surface area contributed by atoms with Crippen LogP contribution in [0.1, 0.15) is 27.3 Å². The number of piperazine rings is 1. The summed E-state index contributed by atoms with van der Waals surface area (Å²) in [5.74, 6) is 0.175. The molecule has 2 aromatic carbocycles. The normalized spacial score (nSPS) is 16.1. The summed E-state index contributed by atoms with van der Waals surface area (Å²) in [5.41, 5.74) is 4.24. The van der Waals surface area contributed by atoms with Gasteiger partial charge in [-0.1, -0.05) is 36.4 Å². The Morgan fingerprint density at radius 2 is 1.71 bits per heavy atom. The number of aryl methyl sites for hydroxylation is 2. The molecule has 8 heteroatoms. The molecule has 2 heterocycles. The molecule has 0 radical (unpaired) electrons. The Morgan fingerprint density at radius 1 is 0.971 bits per heavy atom. The number of nitrogens with one attached hydrogen (secondary N) is 2. The second-order valence-corrected chi connectivity index (χ2v) is 8.84. The van der Waals surface area contributed by atoms with Crippen molar-refractivity contribution in [2.75, 3.05) is 38.5 Å². The predicted octanol–water partition coefficient (Wildman–Crippen LogP) is 2.95. The lowest BCUT2D eigenvalue weighted by atomic mass is 10.1. The summed E-state index contributed by atoms with van der Waals surface area (Å²) in [4.78, 5) is 39.0. The smallest absolute Gasteiger partial charge is 0.254 e. The molecule has 4 rings (SSSR count). The van der Waals surface area contributed by atoms with Crippen LogP contribution in [0.25, 0.3) is 0 Å². The molecule has 0 spiro atoms. The number of carbonyl (C=O) groups excluding carboxylic acids is 2. The zero-order valence-corrected chi connectivity index (χ0v) is 20.5. The van der Waals surface area contributed by atoms with Crippen molar-refractivity contribution in [2.45, 2.75) is 26.3 Å². The highest BCUT2D eigenvalue weighted by Crippen LogP contribution is 2.20. The van der Waals surface area contributed by atoms with Crippen molar-refractivity contribution in [2.24, 2.45) is 0 Å². The molecule has 0 aliphatic carbocycles. The molecule has 0 saturated carbocycles. The molecular formula is C27H32N6O2. The summed E-state index contributed by atoms with van der Waals surface area (Å²) in [5, 5.41) is 5.92. The molecule has 0 unspecified atom stereocenters. The van der Waals surface area contributed by atoms with Crippen molar-refractivity contribution in [3.05, 3.63) is 83.2 Å². The number of anilines is 2. The lowest BCUT2D eigenvalue weighted by molar-refractivity contribution is -0.127. The van der Waals surface area contributed by atoms with Crippen LogP contribution in [-0.2, 0) is 11.2 Å². The van der Waals surface area contributed by atoms with Crippen molar-refractivity contribution in [3.63, 3.8) is 0 Å². The van der Waals surface area contributed by atoms with Crippen LogP contribution in [0.15, 0.2) is 60.7 Å². The van der Waals surface area contributed by atoms with Gasteiger partial charge in [-0.2, -0.15) is 0 Å². The van der Waals surface area contributed by atoms with Crippen molar-refractivity contribution < 1.29 is 9.59 Å². The molecule has 1 aliphatic rings. The van der Waals surface area contributed by atoms with E-state index in [0.717, 1.165) is 36.6 Å². The van der Waals surface area contributed by atoms with Crippen LogP contribution in [0, 0.1) is 13.8 Å². The number of benzene rings is 2. The third-order valence-corrected chi connectivity index (χ3v) is 6.18. The van der Waals surface area contributed by atoms with E-state index in [-0.39, 0.29) is 11.8 Å². The van der Waals surface area contributed by atoms with E-state index in [0.29, 0.717) is 24.6 Å². The van der Waals surface area contributed by atoms with Gasteiger partial charge in [0.15, 0.2) is 0 Å². The fourth-order valence-corrected chi connectivity index (χ4v) is 4.42. The minimum absolute atomic E-state index is 0.152. The van der Waals surface area contributed by atoms with Gasteiger partial charge in [-0.3, -0.25) is 14.5 Å². The molecule has 1 saturated heterocycles. The van der Waals surface area contributed by atoms with Gasteiger partial charge in [0, 0.05) is 55.9 Å². The molecule has 0 bridgehead atoms. The molecule has 1 atom stereocenters. The Hall–Kier alpha value is -3.78. The van der Waals surface area contributed by atoms with Gasteiger partial charge in [0.2, 0.25) is 11.9 Å². The lowest BCUT2D eigenvalue weighted by Gasteiger charge is -2.40. The Kier molecular flexibility index (Phi) is 7.72. The fourth-order valence-electron chi connectivity index (χ4n) is 4.42. The van der Waals surface area contributed by atoms with Gasteiger partial charge in [0.25, 0.3) is 5.91 Å². The Labute approximate surface area is 206 Å². The van der Waals surface area contributed by atoms with Crippen molar-refractivity contribution >= 4 is 23.5 Å². The predicted molar refractivity (Wildman–Crippen MR) is 137 cm³/mol. The zero-order chi connectivity index (χ0) is 24.8. The molecule has 182 valence electrons. The molecule has 2 N–H and O–H groups in total. The Balaban J connectivity index is 1.46. The maximum absolute atomic E-state index is 13.5. The third kappa shape index (κ3) is 6.22. The summed E-state index contributed by atoms with van der Waals surface area (Å²) in [6.45, 7) is 6.39. The number of rotatable bonds is 7. The molecule has 1 fully saturated rings. The van der Waals surface area contributed by atoms with Crippen molar-refractivity contribution in [3.8, 4) is 0 Å². The Bertz CT molecular complexity index is 1160. The standard InChI is InChI=1S/C27H32N6O2/c1-19-16-20(2)30-27(29-19)31-23-11-7-10-22(17-23)26(35)33-15-14-32(18-24(33)25(34)28-3)13-12-21-8-5-4-6-9-21/h4-11,16-17,24H,12-15,18H2,1-3H3,(H,28,34)(H,29,30,31)/t24-/m0/s1. The summed E-state index contributed by atoms with van der Waals surface area (Å²) in [6, 6.07) is 18.9. The van der Waals surface area contributed by atoms with E-state index in [2.05, 4.69) is 37.6 Å².